The molecule has 5 rings (SSSR count). The number of fused-ring (bicyclic) bond motifs is 1. The quantitative estimate of drug-likeness (QED) is 0.400. The second-order valence-corrected chi connectivity index (χ2v) is 9.88. The van der Waals surface area contributed by atoms with Gasteiger partial charge >= 0.3 is 0 Å². The third kappa shape index (κ3) is 4.42. The Hall–Kier alpha value is -4.25. The van der Waals surface area contributed by atoms with Gasteiger partial charge in [-0.25, -0.2) is 0 Å². The lowest BCUT2D eigenvalue weighted by Crippen LogP contribution is -2.38. The van der Waals surface area contributed by atoms with E-state index in [1.165, 1.54) is 11.3 Å². The van der Waals surface area contributed by atoms with E-state index in [1.807, 2.05) is 72.6 Å². The van der Waals surface area contributed by atoms with Crippen molar-refractivity contribution in [1.29, 1.82) is 0 Å². The van der Waals surface area contributed by atoms with Crippen LogP contribution in [-0.2, 0) is 10.2 Å². The number of benzene rings is 3. The number of carbonyl (C=O) groups is 1. The molecule has 2 aliphatic heterocycles. The molecule has 3 aromatic rings. The molecule has 0 aromatic heterocycles. The average molecular weight is 491 g/mol. The summed E-state index contributed by atoms with van der Waals surface area (Å²) in [5, 5.41) is 3.34. The SMILES string of the molecule is CCN1C(=O)C(=CC=C2N(C)c3ccccc3C2(C)C)N(c2ccccc2)C1C=CNc1ccccc1. The third-order valence-electron chi connectivity index (χ3n) is 7.33. The van der Waals surface area contributed by atoms with Gasteiger partial charge in [0.05, 0.1) is 0 Å². The van der Waals surface area contributed by atoms with E-state index in [-0.39, 0.29) is 17.5 Å². The van der Waals surface area contributed by atoms with Crippen LogP contribution in [0.5, 0.6) is 0 Å². The second kappa shape index (κ2) is 10.0. The van der Waals surface area contributed by atoms with Crippen molar-refractivity contribution in [2.75, 3.05) is 28.7 Å². The van der Waals surface area contributed by atoms with E-state index in [0.29, 0.717) is 12.2 Å². The van der Waals surface area contributed by atoms with Crippen molar-refractivity contribution in [3.05, 3.63) is 126 Å². The van der Waals surface area contributed by atoms with Crippen LogP contribution >= 0.6 is 0 Å². The molecule has 1 N–H and O–H groups in total. The molecule has 0 spiro atoms. The molecular weight excluding hydrogens is 456 g/mol. The number of allylic oxidation sites excluding steroid dienone is 3. The predicted molar refractivity (Wildman–Crippen MR) is 153 cm³/mol. The van der Waals surface area contributed by atoms with E-state index in [0.717, 1.165) is 17.1 Å². The van der Waals surface area contributed by atoms with Gasteiger partial charge in [-0.2, -0.15) is 0 Å². The van der Waals surface area contributed by atoms with E-state index in [2.05, 4.69) is 84.6 Å². The van der Waals surface area contributed by atoms with Crippen LogP contribution in [-0.4, -0.2) is 30.6 Å². The molecule has 1 atom stereocenters. The van der Waals surface area contributed by atoms with Crippen molar-refractivity contribution in [3.8, 4) is 0 Å². The smallest absolute Gasteiger partial charge is 0.272 e. The second-order valence-electron chi connectivity index (χ2n) is 9.88. The molecular formula is C32H34N4O. The van der Waals surface area contributed by atoms with Crippen LogP contribution in [0.2, 0.25) is 0 Å². The molecule has 2 heterocycles. The molecule has 1 saturated heterocycles. The minimum atomic E-state index is -0.243. The summed E-state index contributed by atoms with van der Waals surface area (Å²) in [5.41, 5.74) is 6.15. The Morgan fingerprint density at radius 1 is 0.892 bits per heavy atom. The monoisotopic (exact) mass is 490 g/mol. The van der Waals surface area contributed by atoms with Gasteiger partial charge in [0.2, 0.25) is 0 Å². The fourth-order valence-electron chi connectivity index (χ4n) is 5.43. The molecule has 1 amide bonds. The first-order valence-electron chi connectivity index (χ1n) is 12.8. The average Bonchev–Trinajstić information content (AvgIpc) is 3.30. The van der Waals surface area contributed by atoms with Crippen LogP contribution in [0, 0.1) is 0 Å². The largest absolute Gasteiger partial charge is 0.362 e. The van der Waals surface area contributed by atoms with Gasteiger partial charge in [-0.15, -0.1) is 0 Å². The number of nitrogens with one attached hydrogen (secondary N) is 1. The number of hydrogen-bond donors (Lipinski definition) is 1. The summed E-state index contributed by atoms with van der Waals surface area (Å²) >= 11 is 0. The van der Waals surface area contributed by atoms with Crippen molar-refractivity contribution < 1.29 is 4.79 Å². The Labute approximate surface area is 220 Å². The van der Waals surface area contributed by atoms with Crippen molar-refractivity contribution in [1.82, 2.24) is 4.90 Å². The van der Waals surface area contributed by atoms with E-state index >= 15 is 0 Å². The van der Waals surface area contributed by atoms with Gasteiger partial charge in [0.1, 0.15) is 11.9 Å². The first-order valence-corrected chi connectivity index (χ1v) is 12.8. The van der Waals surface area contributed by atoms with Crippen molar-refractivity contribution in [3.63, 3.8) is 0 Å². The summed E-state index contributed by atoms with van der Waals surface area (Å²) in [6.07, 6.45) is 7.85. The maximum atomic E-state index is 13.7. The van der Waals surface area contributed by atoms with Gasteiger partial charge in [0, 0.05) is 48.0 Å². The Balaban J connectivity index is 1.54. The fourth-order valence-corrected chi connectivity index (χ4v) is 5.43. The maximum absolute atomic E-state index is 13.7. The maximum Gasteiger partial charge on any atom is 0.272 e. The minimum absolute atomic E-state index is 0.0218. The molecule has 5 heteroatoms. The van der Waals surface area contributed by atoms with Gasteiger partial charge < -0.3 is 20.0 Å². The van der Waals surface area contributed by atoms with Gasteiger partial charge in [0.15, 0.2) is 0 Å². The highest BCUT2D eigenvalue weighted by Crippen LogP contribution is 2.46. The number of likely N-dealkylation sites (N-methyl/N-ethyl adjacent to an activating group) is 2. The lowest BCUT2D eigenvalue weighted by atomic mass is 9.84. The van der Waals surface area contributed by atoms with Crippen LogP contribution in [0.1, 0.15) is 26.3 Å². The zero-order valence-electron chi connectivity index (χ0n) is 21.9. The molecule has 5 nitrogen and oxygen atoms in total. The highest BCUT2D eigenvalue weighted by molar-refractivity contribution is 6.01. The van der Waals surface area contributed by atoms with Crippen molar-refractivity contribution in [2.45, 2.75) is 32.4 Å². The Morgan fingerprint density at radius 3 is 2.22 bits per heavy atom. The first kappa shape index (κ1) is 24.4. The van der Waals surface area contributed by atoms with Crippen molar-refractivity contribution >= 4 is 23.0 Å². The fraction of sp³-hybridized carbons (Fsp3) is 0.219. The Kier molecular flexibility index (Phi) is 6.62. The zero-order valence-corrected chi connectivity index (χ0v) is 21.9. The standard InChI is InChI=1S/C32H34N4O/c1-5-35-30(22-23-33-24-14-8-6-9-15-24)36(25-16-10-7-11-17-25)28(31(35)37)20-21-29-32(2,3)26-18-12-13-19-27(26)34(29)4/h6-23,30,33H,5H2,1-4H3. The van der Waals surface area contributed by atoms with Crippen LogP contribution in [0.3, 0.4) is 0 Å². The first-order chi connectivity index (χ1) is 17.9. The molecule has 188 valence electrons. The Bertz CT molecular complexity index is 1360. The molecule has 0 radical (unpaired) electrons. The highest BCUT2D eigenvalue weighted by Gasteiger charge is 2.41. The summed E-state index contributed by atoms with van der Waals surface area (Å²) in [7, 11) is 2.10. The van der Waals surface area contributed by atoms with E-state index in [9.17, 15) is 4.79 Å². The van der Waals surface area contributed by atoms with E-state index in [4.69, 9.17) is 0 Å². The lowest BCUT2D eigenvalue weighted by Gasteiger charge is -2.28. The minimum Gasteiger partial charge on any atom is -0.362 e. The van der Waals surface area contributed by atoms with Gasteiger partial charge in [-0.1, -0.05) is 68.4 Å². The summed E-state index contributed by atoms with van der Waals surface area (Å²) in [5.74, 6) is 0.0218. The number of amides is 1. The highest BCUT2D eigenvalue weighted by atomic mass is 16.2. The van der Waals surface area contributed by atoms with Gasteiger partial charge in [0.25, 0.3) is 5.91 Å². The summed E-state index contributed by atoms with van der Waals surface area (Å²) in [4.78, 5) is 20.0. The molecule has 1 fully saturated rings. The molecule has 1 unspecified atom stereocenters. The summed E-state index contributed by atoms with van der Waals surface area (Å²) in [6.45, 7) is 7.11. The molecule has 0 aliphatic carbocycles. The van der Waals surface area contributed by atoms with E-state index < -0.39 is 0 Å². The predicted octanol–water partition coefficient (Wildman–Crippen LogP) is 6.50. The number of hydrogen-bond acceptors (Lipinski definition) is 4. The van der Waals surface area contributed by atoms with Crippen LogP contribution in [0.4, 0.5) is 17.1 Å². The summed E-state index contributed by atoms with van der Waals surface area (Å²) < 4.78 is 0. The van der Waals surface area contributed by atoms with Gasteiger partial charge in [-0.3, -0.25) is 4.79 Å². The van der Waals surface area contributed by atoms with Crippen LogP contribution in [0.25, 0.3) is 0 Å². The normalized spacial score (nSPS) is 20.9. The van der Waals surface area contributed by atoms with Gasteiger partial charge in [-0.05, 0) is 61.0 Å². The summed E-state index contributed by atoms with van der Waals surface area (Å²) in [6, 6.07) is 28.7. The molecule has 0 bridgehead atoms. The Morgan fingerprint density at radius 2 is 1.54 bits per heavy atom. The number of carbonyl (C=O) groups excluding carboxylic acids is 1. The number of rotatable bonds is 6. The zero-order chi connectivity index (χ0) is 26.0. The van der Waals surface area contributed by atoms with Crippen LogP contribution < -0.4 is 15.1 Å². The molecule has 0 saturated carbocycles. The lowest BCUT2D eigenvalue weighted by molar-refractivity contribution is -0.125. The number of anilines is 3. The van der Waals surface area contributed by atoms with E-state index in [1.54, 1.807) is 0 Å². The van der Waals surface area contributed by atoms with Crippen LogP contribution in [0.15, 0.2) is 121 Å². The van der Waals surface area contributed by atoms with Crippen molar-refractivity contribution in [2.24, 2.45) is 0 Å². The molecule has 2 aliphatic rings. The topological polar surface area (TPSA) is 38.8 Å². The third-order valence-corrected chi connectivity index (χ3v) is 7.33. The number of para-hydroxylation sites is 3. The number of nitrogens with zero attached hydrogens (tertiary/aromatic N) is 3. The molecule has 37 heavy (non-hydrogen) atoms. The molecule has 3 aromatic carbocycles.